The van der Waals surface area contributed by atoms with E-state index in [-0.39, 0.29) is 4.83 Å². The molecule has 0 radical (unpaired) electrons. The lowest BCUT2D eigenvalue weighted by Crippen LogP contribution is -2.06. The van der Waals surface area contributed by atoms with Gasteiger partial charge < -0.3 is 4.52 Å². The fraction of sp³-hybridized carbons (Fsp3) is 0.818. The van der Waals surface area contributed by atoms with Gasteiger partial charge in [-0.2, -0.15) is 4.98 Å². The summed E-state index contributed by atoms with van der Waals surface area (Å²) in [5, 5.41) is 4.09. The lowest BCUT2D eigenvalue weighted by Gasteiger charge is -2.17. The number of rotatable bonds is 3. The zero-order chi connectivity index (χ0) is 10.7. The van der Waals surface area contributed by atoms with E-state index in [1.807, 2.05) is 0 Å². The molecule has 0 bridgehead atoms. The monoisotopic (exact) mass is 272 g/mol. The van der Waals surface area contributed by atoms with Crippen LogP contribution in [0.25, 0.3) is 0 Å². The quantitative estimate of drug-likeness (QED) is 0.782. The Labute approximate surface area is 98.8 Å². The third-order valence-electron chi connectivity index (χ3n) is 3.05. The summed E-state index contributed by atoms with van der Waals surface area (Å²) in [6.45, 7) is 2.10. The maximum absolute atomic E-state index is 5.26. The molecule has 0 N–H and O–H groups in total. The molecule has 1 aliphatic rings. The van der Waals surface area contributed by atoms with Crippen molar-refractivity contribution < 1.29 is 4.52 Å². The summed E-state index contributed by atoms with van der Waals surface area (Å²) in [6, 6.07) is 0. The molecule has 4 heteroatoms. The molecule has 1 saturated carbocycles. The Bertz CT molecular complexity index is 307. The minimum absolute atomic E-state index is 0.211. The highest BCUT2D eigenvalue weighted by atomic mass is 79.9. The Balaban J connectivity index is 2.05. The lowest BCUT2D eigenvalue weighted by molar-refractivity contribution is 0.356. The average Bonchev–Trinajstić information content (AvgIpc) is 2.78. The van der Waals surface area contributed by atoms with Gasteiger partial charge >= 0.3 is 0 Å². The van der Waals surface area contributed by atoms with E-state index in [0.717, 1.165) is 18.1 Å². The lowest BCUT2D eigenvalue weighted by atomic mass is 9.89. The molecule has 0 amide bonds. The van der Waals surface area contributed by atoms with Crippen molar-refractivity contribution in [1.82, 2.24) is 10.1 Å². The van der Waals surface area contributed by atoms with Crippen LogP contribution < -0.4 is 0 Å². The van der Waals surface area contributed by atoms with Crippen molar-refractivity contribution >= 4 is 15.9 Å². The van der Waals surface area contributed by atoms with Crippen LogP contribution in [-0.2, 0) is 0 Å². The van der Waals surface area contributed by atoms with Gasteiger partial charge in [0.05, 0.1) is 4.83 Å². The van der Waals surface area contributed by atoms with E-state index in [4.69, 9.17) is 4.52 Å². The topological polar surface area (TPSA) is 38.9 Å². The molecule has 0 aliphatic heterocycles. The molecule has 1 atom stereocenters. The summed E-state index contributed by atoms with van der Waals surface area (Å²) in [5.74, 6) is 2.19. The van der Waals surface area contributed by atoms with Crippen LogP contribution in [0.15, 0.2) is 4.52 Å². The Morgan fingerprint density at radius 3 is 2.80 bits per heavy atom. The van der Waals surface area contributed by atoms with Crippen molar-refractivity contribution in [2.45, 2.75) is 56.2 Å². The number of hydrogen-bond donors (Lipinski definition) is 0. The van der Waals surface area contributed by atoms with E-state index in [9.17, 15) is 0 Å². The molecule has 0 saturated heterocycles. The third kappa shape index (κ3) is 2.60. The highest BCUT2D eigenvalue weighted by Crippen LogP contribution is 2.32. The van der Waals surface area contributed by atoms with Crippen molar-refractivity contribution in [2.24, 2.45) is 0 Å². The van der Waals surface area contributed by atoms with Crippen LogP contribution >= 0.6 is 15.9 Å². The summed E-state index contributed by atoms with van der Waals surface area (Å²) < 4.78 is 5.26. The van der Waals surface area contributed by atoms with Crippen molar-refractivity contribution in [1.29, 1.82) is 0 Å². The number of hydrogen-bond acceptors (Lipinski definition) is 3. The molecular weight excluding hydrogens is 256 g/mol. The van der Waals surface area contributed by atoms with E-state index in [0.29, 0.717) is 5.92 Å². The van der Waals surface area contributed by atoms with Gasteiger partial charge in [-0.15, -0.1) is 0 Å². The molecule has 1 aliphatic carbocycles. The summed E-state index contributed by atoms with van der Waals surface area (Å²) >= 11 is 3.53. The van der Waals surface area contributed by atoms with Crippen LogP contribution in [0.2, 0.25) is 0 Å². The van der Waals surface area contributed by atoms with Gasteiger partial charge in [0.15, 0.2) is 5.82 Å². The molecule has 15 heavy (non-hydrogen) atoms. The average molecular weight is 273 g/mol. The predicted octanol–water partition coefficient (Wildman–Crippen LogP) is 3.96. The fourth-order valence-corrected chi connectivity index (χ4v) is 2.26. The van der Waals surface area contributed by atoms with E-state index in [1.54, 1.807) is 0 Å². The Morgan fingerprint density at radius 2 is 2.13 bits per heavy atom. The van der Waals surface area contributed by atoms with Crippen LogP contribution in [-0.4, -0.2) is 10.1 Å². The first kappa shape index (κ1) is 11.1. The van der Waals surface area contributed by atoms with E-state index >= 15 is 0 Å². The van der Waals surface area contributed by atoms with Gasteiger partial charge in [0.2, 0.25) is 5.89 Å². The molecule has 1 heterocycles. The van der Waals surface area contributed by atoms with Gasteiger partial charge in [0.25, 0.3) is 0 Å². The van der Waals surface area contributed by atoms with Crippen LogP contribution in [0.5, 0.6) is 0 Å². The van der Waals surface area contributed by atoms with Gasteiger partial charge in [-0.25, -0.2) is 0 Å². The summed E-state index contributed by atoms with van der Waals surface area (Å²) in [4.78, 5) is 4.69. The maximum atomic E-state index is 5.26. The van der Waals surface area contributed by atoms with Crippen LogP contribution in [0, 0.1) is 0 Å². The maximum Gasteiger partial charge on any atom is 0.240 e. The van der Waals surface area contributed by atoms with Crippen LogP contribution in [0.1, 0.15) is 67.9 Å². The van der Waals surface area contributed by atoms with Crippen molar-refractivity contribution in [3.63, 3.8) is 0 Å². The summed E-state index contributed by atoms with van der Waals surface area (Å²) in [5.41, 5.74) is 0. The van der Waals surface area contributed by atoms with Crippen LogP contribution in [0.4, 0.5) is 0 Å². The summed E-state index contributed by atoms with van der Waals surface area (Å²) in [7, 11) is 0. The third-order valence-corrected chi connectivity index (χ3v) is 4.09. The molecule has 0 spiro atoms. The second-order valence-corrected chi connectivity index (χ2v) is 5.31. The first-order valence-corrected chi connectivity index (χ1v) is 6.70. The zero-order valence-electron chi connectivity index (χ0n) is 9.08. The second-order valence-electron chi connectivity index (χ2n) is 4.20. The predicted molar refractivity (Wildman–Crippen MR) is 62.1 cm³/mol. The summed E-state index contributed by atoms with van der Waals surface area (Å²) in [6.07, 6.45) is 7.39. The molecule has 0 aromatic carbocycles. The van der Waals surface area contributed by atoms with Crippen molar-refractivity contribution in [3.05, 3.63) is 11.7 Å². The SMILES string of the molecule is CCC(Br)c1nc(C2CCCCC2)no1. The normalized spacial score (nSPS) is 20.4. The van der Waals surface area contributed by atoms with E-state index in [2.05, 4.69) is 33.0 Å². The molecule has 3 nitrogen and oxygen atoms in total. The van der Waals surface area contributed by atoms with Gasteiger partial charge in [-0.1, -0.05) is 47.3 Å². The standard InChI is InChI=1S/C11H17BrN2O/c1-2-9(12)11-13-10(14-15-11)8-6-4-3-5-7-8/h8-9H,2-7H2,1H3. The van der Waals surface area contributed by atoms with Gasteiger partial charge in [0.1, 0.15) is 0 Å². The molecular formula is C11H17BrN2O. The highest BCUT2D eigenvalue weighted by molar-refractivity contribution is 9.09. The Morgan fingerprint density at radius 1 is 1.40 bits per heavy atom. The van der Waals surface area contributed by atoms with Crippen molar-refractivity contribution in [2.75, 3.05) is 0 Å². The molecule has 1 aromatic heterocycles. The van der Waals surface area contributed by atoms with Gasteiger partial charge in [-0.05, 0) is 19.3 Å². The Kier molecular flexibility index (Phi) is 3.78. The molecule has 1 aromatic rings. The second kappa shape index (κ2) is 5.10. The smallest absolute Gasteiger partial charge is 0.240 e. The number of halogens is 1. The van der Waals surface area contributed by atoms with Crippen LogP contribution in [0.3, 0.4) is 0 Å². The number of nitrogens with zero attached hydrogens (tertiary/aromatic N) is 2. The minimum Gasteiger partial charge on any atom is -0.338 e. The van der Waals surface area contributed by atoms with E-state index < -0.39 is 0 Å². The first-order valence-electron chi connectivity index (χ1n) is 5.78. The molecule has 1 unspecified atom stereocenters. The highest BCUT2D eigenvalue weighted by Gasteiger charge is 2.22. The zero-order valence-corrected chi connectivity index (χ0v) is 10.7. The number of alkyl halides is 1. The fourth-order valence-electron chi connectivity index (χ4n) is 2.08. The largest absolute Gasteiger partial charge is 0.338 e. The van der Waals surface area contributed by atoms with Crippen molar-refractivity contribution in [3.8, 4) is 0 Å². The Hall–Kier alpha value is -0.380. The van der Waals surface area contributed by atoms with Gasteiger partial charge in [0, 0.05) is 5.92 Å². The molecule has 84 valence electrons. The molecule has 2 rings (SSSR count). The van der Waals surface area contributed by atoms with E-state index in [1.165, 1.54) is 32.1 Å². The number of aromatic nitrogens is 2. The van der Waals surface area contributed by atoms with Gasteiger partial charge in [-0.3, -0.25) is 0 Å². The first-order chi connectivity index (χ1) is 7.31. The molecule has 1 fully saturated rings. The minimum atomic E-state index is 0.211.